The van der Waals surface area contributed by atoms with E-state index in [0.29, 0.717) is 21.4 Å². The minimum atomic E-state index is -0.322. The maximum Gasteiger partial charge on any atom is 0.274 e. The van der Waals surface area contributed by atoms with Gasteiger partial charge in [-0.2, -0.15) is 0 Å². The summed E-state index contributed by atoms with van der Waals surface area (Å²) in [6, 6.07) is 8.67. The molecule has 1 aromatic heterocycles. The van der Waals surface area contributed by atoms with Gasteiger partial charge in [-0.15, -0.1) is 0 Å². The van der Waals surface area contributed by atoms with Gasteiger partial charge in [0.05, 0.1) is 27.6 Å². The molecule has 1 amide bonds. The summed E-state index contributed by atoms with van der Waals surface area (Å²) >= 11 is 12.0. The Kier molecular flexibility index (Phi) is 6.25. The molecule has 0 aliphatic heterocycles. The fraction of sp³-hybridized carbons (Fsp3) is 0.294. The van der Waals surface area contributed by atoms with Gasteiger partial charge in [0, 0.05) is 13.6 Å². The molecular formula is C17H19Cl2N3O. The molecule has 4 nitrogen and oxygen atoms in total. The molecule has 0 saturated carbocycles. The van der Waals surface area contributed by atoms with Crippen LogP contribution in [0.2, 0.25) is 10.0 Å². The zero-order valence-corrected chi connectivity index (χ0v) is 14.7. The average Bonchev–Trinajstić information content (AvgIpc) is 2.57. The van der Waals surface area contributed by atoms with Gasteiger partial charge in [0.15, 0.2) is 0 Å². The summed E-state index contributed by atoms with van der Waals surface area (Å²) in [4.78, 5) is 18.6. The Balaban J connectivity index is 2.07. The lowest BCUT2D eigenvalue weighted by Crippen LogP contribution is -2.19. The van der Waals surface area contributed by atoms with Crippen molar-refractivity contribution in [3.05, 3.63) is 52.3 Å². The van der Waals surface area contributed by atoms with Gasteiger partial charge >= 0.3 is 0 Å². The zero-order valence-electron chi connectivity index (χ0n) is 13.1. The molecule has 0 fully saturated rings. The van der Waals surface area contributed by atoms with Crippen LogP contribution in [-0.2, 0) is 0 Å². The lowest BCUT2D eigenvalue weighted by molar-refractivity contribution is 0.102. The third-order valence-corrected chi connectivity index (χ3v) is 4.29. The van der Waals surface area contributed by atoms with E-state index in [0.717, 1.165) is 25.1 Å². The Morgan fingerprint density at radius 2 is 2.04 bits per heavy atom. The molecule has 0 radical (unpaired) electrons. The predicted molar refractivity (Wildman–Crippen MR) is 96.8 cm³/mol. The van der Waals surface area contributed by atoms with Crippen molar-refractivity contribution in [2.75, 3.05) is 23.8 Å². The van der Waals surface area contributed by atoms with E-state index in [-0.39, 0.29) is 5.91 Å². The second-order valence-corrected chi connectivity index (χ2v) is 6.02. The lowest BCUT2D eigenvalue weighted by atomic mass is 10.2. The Bertz CT molecular complexity index is 674. The second kappa shape index (κ2) is 8.18. The molecule has 23 heavy (non-hydrogen) atoms. The Labute approximate surface area is 146 Å². The van der Waals surface area contributed by atoms with Crippen molar-refractivity contribution in [1.29, 1.82) is 0 Å². The summed E-state index contributed by atoms with van der Waals surface area (Å²) in [6.45, 7) is 3.11. The first kappa shape index (κ1) is 17.6. The highest BCUT2D eigenvalue weighted by atomic mass is 35.5. The van der Waals surface area contributed by atoms with Crippen molar-refractivity contribution in [2.24, 2.45) is 0 Å². The number of benzene rings is 1. The molecule has 0 saturated heterocycles. The predicted octanol–water partition coefficient (Wildman–Crippen LogP) is 4.88. The summed E-state index contributed by atoms with van der Waals surface area (Å²) in [5.74, 6) is -0.322. The van der Waals surface area contributed by atoms with Gasteiger partial charge in [-0.3, -0.25) is 4.79 Å². The van der Waals surface area contributed by atoms with Gasteiger partial charge in [-0.1, -0.05) is 42.6 Å². The van der Waals surface area contributed by atoms with Crippen LogP contribution < -0.4 is 10.2 Å². The fourth-order valence-corrected chi connectivity index (χ4v) is 2.41. The average molecular weight is 352 g/mol. The largest absolute Gasteiger partial charge is 0.373 e. The first-order valence-corrected chi connectivity index (χ1v) is 8.21. The van der Waals surface area contributed by atoms with Gasteiger partial charge in [-0.25, -0.2) is 4.98 Å². The summed E-state index contributed by atoms with van der Waals surface area (Å²) < 4.78 is 0. The number of rotatable bonds is 6. The van der Waals surface area contributed by atoms with E-state index >= 15 is 0 Å². The highest BCUT2D eigenvalue weighted by molar-refractivity contribution is 6.44. The van der Waals surface area contributed by atoms with Crippen molar-refractivity contribution in [1.82, 2.24) is 4.98 Å². The summed E-state index contributed by atoms with van der Waals surface area (Å²) in [7, 11) is 2.01. The topological polar surface area (TPSA) is 45.2 Å². The number of carbonyl (C=O) groups is 1. The van der Waals surface area contributed by atoms with E-state index in [1.807, 2.05) is 13.1 Å². The molecule has 122 valence electrons. The Hall–Kier alpha value is -1.78. The smallest absolute Gasteiger partial charge is 0.274 e. The first-order valence-electron chi connectivity index (χ1n) is 7.45. The molecule has 0 atom stereocenters. The fourth-order valence-electron chi connectivity index (χ4n) is 2.06. The van der Waals surface area contributed by atoms with E-state index in [9.17, 15) is 4.79 Å². The summed E-state index contributed by atoms with van der Waals surface area (Å²) in [5.41, 5.74) is 1.78. The van der Waals surface area contributed by atoms with Gasteiger partial charge in [0.25, 0.3) is 5.91 Å². The molecule has 2 aromatic rings. The third kappa shape index (κ3) is 4.60. The van der Waals surface area contributed by atoms with Crippen LogP contribution in [0, 0.1) is 0 Å². The van der Waals surface area contributed by atoms with Crippen LogP contribution in [0.25, 0.3) is 0 Å². The van der Waals surface area contributed by atoms with Crippen LogP contribution in [-0.4, -0.2) is 24.5 Å². The maximum absolute atomic E-state index is 12.2. The molecular weight excluding hydrogens is 333 g/mol. The van der Waals surface area contributed by atoms with E-state index in [1.54, 1.807) is 30.5 Å². The van der Waals surface area contributed by atoms with Crippen LogP contribution in [0.3, 0.4) is 0 Å². The van der Waals surface area contributed by atoms with Crippen LogP contribution in [0.5, 0.6) is 0 Å². The number of unbranched alkanes of at least 4 members (excludes halogenated alkanes) is 1. The number of anilines is 2. The van der Waals surface area contributed by atoms with Crippen LogP contribution in [0.1, 0.15) is 30.3 Å². The SMILES string of the molecule is CCCCN(C)c1ccc(C(=O)Nc2cccc(Cl)c2Cl)nc1. The normalized spacial score (nSPS) is 10.4. The number of aromatic nitrogens is 1. The number of nitrogens with one attached hydrogen (secondary N) is 1. The van der Waals surface area contributed by atoms with E-state index in [2.05, 4.69) is 22.1 Å². The number of amides is 1. The second-order valence-electron chi connectivity index (χ2n) is 5.23. The van der Waals surface area contributed by atoms with Crippen molar-refractivity contribution >= 4 is 40.5 Å². The molecule has 0 aliphatic rings. The minimum absolute atomic E-state index is 0.318. The van der Waals surface area contributed by atoms with Crippen molar-refractivity contribution in [3.63, 3.8) is 0 Å². The maximum atomic E-state index is 12.2. The molecule has 6 heteroatoms. The van der Waals surface area contributed by atoms with Crippen molar-refractivity contribution in [2.45, 2.75) is 19.8 Å². The number of hydrogen-bond acceptors (Lipinski definition) is 3. The minimum Gasteiger partial charge on any atom is -0.373 e. The van der Waals surface area contributed by atoms with Crippen molar-refractivity contribution in [3.8, 4) is 0 Å². The first-order chi connectivity index (χ1) is 11.0. The van der Waals surface area contributed by atoms with Gasteiger partial charge in [0.2, 0.25) is 0 Å². The number of halogens is 2. The highest BCUT2D eigenvalue weighted by Crippen LogP contribution is 2.29. The lowest BCUT2D eigenvalue weighted by Gasteiger charge is -2.18. The number of nitrogens with zero attached hydrogens (tertiary/aromatic N) is 2. The van der Waals surface area contributed by atoms with E-state index in [1.165, 1.54) is 0 Å². The standard InChI is InChI=1S/C17H19Cl2N3O/c1-3-4-10-22(2)12-8-9-15(20-11-12)17(23)21-14-7-5-6-13(18)16(14)19/h5-9,11H,3-4,10H2,1-2H3,(H,21,23). The molecule has 0 bridgehead atoms. The molecule has 1 heterocycles. The highest BCUT2D eigenvalue weighted by Gasteiger charge is 2.12. The van der Waals surface area contributed by atoms with Gasteiger partial charge < -0.3 is 10.2 Å². The van der Waals surface area contributed by atoms with Crippen molar-refractivity contribution < 1.29 is 4.79 Å². The Morgan fingerprint density at radius 3 is 2.70 bits per heavy atom. The molecule has 2 rings (SSSR count). The summed E-state index contributed by atoms with van der Waals surface area (Å²) in [6.07, 6.45) is 3.95. The summed E-state index contributed by atoms with van der Waals surface area (Å²) in [5, 5.41) is 3.43. The number of hydrogen-bond donors (Lipinski definition) is 1. The number of pyridine rings is 1. The van der Waals surface area contributed by atoms with Gasteiger partial charge in [0.1, 0.15) is 5.69 Å². The molecule has 0 aliphatic carbocycles. The van der Waals surface area contributed by atoms with Crippen LogP contribution >= 0.6 is 23.2 Å². The van der Waals surface area contributed by atoms with Gasteiger partial charge in [-0.05, 0) is 30.7 Å². The van der Waals surface area contributed by atoms with E-state index < -0.39 is 0 Å². The molecule has 1 N–H and O–H groups in total. The monoisotopic (exact) mass is 351 g/mol. The number of carbonyl (C=O) groups excluding carboxylic acids is 1. The van der Waals surface area contributed by atoms with Crippen LogP contribution in [0.4, 0.5) is 11.4 Å². The van der Waals surface area contributed by atoms with Crippen LogP contribution in [0.15, 0.2) is 36.5 Å². The quantitative estimate of drug-likeness (QED) is 0.806. The molecule has 1 aromatic carbocycles. The zero-order chi connectivity index (χ0) is 16.8. The Morgan fingerprint density at radius 1 is 1.26 bits per heavy atom. The van der Waals surface area contributed by atoms with E-state index in [4.69, 9.17) is 23.2 Å². The molecule has 0 spiro atoms. The third-order valence-electron chi connectivity index (χ3n) is 3.47. The molecule has 0 unspecified atom stereocenters.